The number of phenols is 1. The molecule has 0 unspecified atom stereocenters. The van der Waals surface area contributed by atoms with Crippen LogP contribution in [0.15, 0.2) is 67.0 Å². The maximum absolute atomic E-state index is 9.86. The van der Waals surface area contributed by atoms with Crippen LogP contribution in [0.25, 0.3) is 22.3 Å². The molecule has 1 fully saturated rings. The topological polar surface area (TPSA) is 74.2 Å². The molecule has 7 heteroatoms. The third kappa shape index (κ3) is 3.89. The molecule has 3 heterocycles. The van der Waals surface area contributed by atoms with E-state index in [0.29, 0.717) is 11.6 Å². The highest BCUT2D eigenvalue weighted by molar-refractivity contribution is 7.99. The summed E-state index contributed by atoms with van der Waals surface area (Å²) in [6, 6.07) is 17.2. The number of nitrogens with zero attached hydrogens (tertiary/aromatic N) is 4. The fourth-order valence-electron chi connectivity index (χ4n) is 3.57. The lowest BCUT2D eigenvalue weighted by atomic mass is 10.1. The molecular weight excluding hydrogens is 394 g/mol. The number of pyridine rings is 1. The van der Waals surface area contributed by atoms with Gasteiger partial charge < -0.3 is 15.3 Å². The molecule has 30 heavy (non-hydrogen) atoms. The van der Waals surface area contributed by atoms with E-state index in [0.717, 1.165) is 46.7 Å². The SMILES string of the molecule is Oc1cccc(Nc2nc(-c3cccnc3)nc3ccc(N4CCSCC4)cc23)c1. The lowest BCUT2D eigenvalue weighted by Gasteiger charge is -2.28. The number of anilines is 3. The van der Waals surface area contributed by atoms with E-state index in [-0.39, 0.29) is 5.75 Å². The van der Waals surface area contributed by atoms with Crippen LogP contribution in [0.1, 0.15) is 0 Å². The Morgan fingerprint density at radius 2 is 1.87 bits per heavy atom. The van der Waals surface area contributed by atoms with E-state index >= 15 is 0 Å². The van der Waals surface area contributed by atoms with Gasteiger partial charge in [-0.05, 0) is 42.5 Å². The minimum atomic E-state index is 0.206. The first-order valence-electron chi connectivity index (χ1n) is 9.87. The molecule has 2 aromatic heterocycles. The minimum Gasteiger partial charge on any atom is -0.508 e. The van der Waals surface area contributed by atoms with Crippen LogP contribution in [0.2, 0.25) is 0 Å². The van der Waals surface area contributed by atoms with Gasteiger partial charge in [-0.2, -0.15) is 11.8 Å². The first-order valence-corrected chi connectivity index (χ1v) is 11.0. The van der Waals surface area contributed by atoms with Crippen LogP contribution in [0.3, 0.4) is 0 Å². The number of hydrogen-bond acceptors (Lipinski definition) is 7. The molecule has 0 aliphatic carbocycles. The molecule has 2 N–H and O–H groups in total. The van der Waals surface area contributed by atoms with Crippen molar-refractivity contribution in [1.82, 2.24) is 15.0 Å². The fourth-order valence-corrected chi connectivity index (χ4v) is 4.48. The van der Waals surface area contributed by atoms with Crippen LogP contribution in [-0.4, -0.2) is 44.7 Å². The fraction of sp³-hybridized carbons (Fsp3) is 0.174. The zero-order valence-corrected chi connectivity index (χ0v) is 17.1. The molecule has 0 amide bonds. The molecule has 1 saturated heterocycles. The molecule has 1 aliphatic heterocycles. The molecule has 1 aliphatic rings. The van der Waals surface area contributed by atoms with Crippen molar-refractivity contribution in [2.45, 2.75) is 0 Å². The van der Waals surface area contributed by atoms with E-state index in [4.69, 9.17) is 9.97 Å². The van der Waals surface area contributed by atoms with Gasteiger partial charge in [-0.3, -0.25) is 4.98 Å². The Hall–Kier alpha value is -3.32. The maximum atomic E-state index is 9.86. The van der Waals surface area contributed by atoms with Gasteiger partial charge in [-0.25, -0.2) is 9.97 Å². The van der Waals surface area contributed by atoms with Crippen LogP contribution in [0.5, 0.6) is 5.75 Å². The zero-order valence-electron chi connectivity index (χ0n) is 16.3. The van der Waals surface area contributed by atoms with Crippen LogP contribution >= 0.6 is 11.8 Å². The number of fused-ring (bicyclic) bond motifs is 1. The summed E-state index contributed by atoms with van der Waals surface area (Å²) in [4.78, 5) is 16.2. The Morgan fingerprint density at radius 1 is 0.967 bits per heavy atom. The molecule has 150 valence electrons. The standard InChI is InChI=1S/C23H21N5OS/c29-19-5-1-4-17(13-19)25-23-20-14-18(28-9-11-30-12-10-28)6-7-21(20)26-22(27-23)16-3-2-8-24-15-16/h1-8,13-15,29H,9-12H2,(H,25,26,27). The minimum absolute atomic E-state index is 0.206. The highest BCUT2D eigenvalue weighted by Crippen LogP contribution is 2.31. The van der Waals surface area contributed by atoms with Crippen LogP contribution in [-0.2, 0) is 0 Å². The normalized spacial score (nSPS) is 14.1. The van der Waals surface area contributed by atoms with Crippen LogP contribution in [0, 0.1) is 0 Å². The van der Waals surface area contributed by atoms with Crippen molar-refractivity contribution in [2.75, 3.05) is 34.8 Å². The summed E-state index contributed by atoms with van der Waals surface area (Å²) in [7, 11) is 0. The van der Waals surface area contributed by atoms with E-state index in [1.165, 1.54) is 5.69 Å². The van der Waals surface area contributed by atoms with E-state index in [9.17, 15) is 5.11 Å². The van der Waals surface area contributed by atoms with Gasteiger partial charge in [-0.15, -0.1) is 0 Å². The van der Waals surface area contributed by atoms with Crippen LogP contribution < -0.4 is 10.2 Å². The third-order valence-electron chi connectivity index (χ3n) is 5.08. The van der Waals surface area contributed by atoms with Crippen molar-refractivity contribution in [3.05, 3.63) is 67.0 Å². The van der Waals surface area contributed by atoms with E-state index in [1.807, 2.05) is 30.0 Å². The number of hydrogen-bond donors (Lipinski definition) is 2. The highest BCUT2D eigenvalue weighted by Gasteiger charge is 2.15. The van der Waals surface area contributed by atoms with Crippen molar-refractivity contribution in [2.24, 2.45) is 0 Å². The second-order valence-electron chi connectivity index (χ2n) is 7.11. The Bertz CT molecular complexity index is 1180. The van der Waals surface area contributed by atoms with E-state index in [2.05, 4.69) is 33.4 Å². The molecule has 0 radical (unpaired) electrons. The summed E-state index contributed by atoms with van der Waals surface area (Å²) in [5.74, 6) is 3.81. The van der Waals surface area contributed by atoms with Gasteiger partial charge in [0.25, 0.3) is 0 Å². The predicted octanol–water partition coefficient (Wildman–Crippen LogP) is 4.69. The molecule has 0 saturated carbocycles. The van der Waals surface area contributed by atoms with Crippen molar-refractivity contribution < 1.29 is 5.11 Å². The number of phenolic OH excluding ortho intramolecular Hbond substituents is 1. The van der Waals surface area contributed by atoms with Crippen molar-refractivity contribution in [3.8, 4) is 17.1 Å². The number of aromatic hydroxyl groups is 1. The van der Waals surface area contributed by atoms with Gasteiger partial charge in [0.15, 0.2) is 5.82 Å². The predicted molar refractivity (Wildman–Crippen MR) is 124 cm³/mol. The highest BCUT2D eigenvalue weighted by atomic mass is 32.2. The van der Waals surface area contributed by atoms with Gasteiger partial charge >= 0.3 is 0 Å². The van der Waals surface area contributed by atoms with Gasteiger partial charge in [-0.1, -0.05) is 6.07 Å². The number of benzene rings is 2. The number of rotatable bonds is 4. The van der Waals surface area contributed by atoms with Gasteiger partial charge in [0.1, 0.15) is 11.6 Å². The molecule has 0 spiro atoms. The van der Waals surface area contributed by atoms with Gasteiger partial charge in [0, 0.05) is 65.4 Å². The molecule has 0 bridgehead atoms. The zero-order chi connectivity index (χ0) is 20.3. The molecule has 2 aromatic carbocycles. The second kappa shape index (κ2) is 8.20. The van der Waals surface area contributed by atoms with E-state index in [1.54, 1.807) is 30.6 Å². The second-order valence-corrected chi connectivity index (χ2v) is 8.34. The maximum Gasteiger partial charge on any atom is 0.163 e. The molecule has 0 atom stereocenters. The third-order valence-corrected chi connectivity index (χ3v) is 6.03. The lowest BCUT2D eigenvalue weighted by molar-refractivity contribution is 0.475. The summed E-state index contributed by atoms with van der Waals surface area (Å²) in [6.07, 6.45) is 3.50. The average Bonchev–Trinajstić information content (AvgIpc) is 2.80. The van der Waals surface area contributed by atoms with Crippen molar-refractivity contribution in [3.63, 3.8) is 0 Å². The Balaban J connectivity index is 1.63. The summed E-state index contributed by atoms with van der Waals surface area (Å²) in [5, 5.41) is 14.2. The van der Waals surface area contributed by atoms with Crippen molar-refractivity contribution in [1.29, 1.82) is 0 Å². The first-order chi connectivity index (χ1) is 14.8. The molecule has 6 nitrogen and oxygen atoms in total. The summed E-state index contributed by atoms with van der Waals surface area (Å²) < 4.78 is 0. The quantitative estimate of drug-likeness (QED) is 0.501. The van der Waals surface area contributed by atoms with Gasteiger partial charge in [0.05, 0.1) is 5.52 Å². The summed E-state index contributed by atoms with van der Waals surface area (Å²) in [6.45, 7) is 2.08. The molecule has 5 rings (SSSR count). The lowest BCUT2D eigenvalue weighted by Crippen LogP contribution is -2.32. The average molecular weight is 416 g/mol. The van der Waals surface area contributed by atoms with E-state index < -0.39 is 0 Å². The smallest absolute Gasteiger partial charge is 0.163 e. The monoisotopic (exact) mass is 415 g/mol. The summed E-state index contributed by atoms with van der Waals surface area (Å²) in [5.41, 5.74) is 3.67. The summed E-state index contributed by atoms with van der Waals surface area (Å²) >= 11 is 1.99. The largest absolute Gasteiger partial charge is 0.508 e. The number of thioether (sulfide) groups is 1. The Labute approximate surface area is 179 Å². The van der Waals surface area contributed by atoms with Gasteiger partial charge in [0.2, 0.25) is 0 Å². The number of nitrogens with one attached hydrogen (secondary N) is 1. The molecule has 4 aromatic rings. The van der Waals surface area contributed by atoms with Crippen molar-refractivity contribution >= 4 is 39.9 Å². The number of aromatic nitrogens is 3. The Kier molecular flexibility index (Phi) is 5.11. The Morgan fingerprint density at radius 3 is 2.67 bits per heavy atom. The molecular formula is C23H21N5OS. The van der Waals surface area contributed by atoms with Crippen LogP contribution in [0.4, 0.5) is 17.2 Å². The first kappa shape index (κ1) is 18.7.